The first-order chi connectivity index (χ1) is 5.24. The molecule has 0 aromatic carbocycles. The summed E-state index contributed by atoms with van der Waals surface area (Å²) in [5, 5.41) is 12.0. The Morgan fingerprint density at radius 3 is 2.91 bits per heavy atom. The fraction of sp³-hybridized carbons (Fsp3) is 0.286. The Kier molecular flexibility index (Phi) is 2.28. The van der Waals surface area contributed by atoms with Crippen LogP contribution in [0.3, 0.4) is 0 Å². The molecule has 4 nitrogen and oxygen atoms in total. The van der Waals surface area contributed by atoms with E-state index in [1.54, 1.807) is 13.1 Å². The van der Waals surface area contributed by atoms with E-state index in [0.29, 0.717) is 12.1 Å². The van der Waals surface area contributed by atoms with Gasteiger partial charge in [0.2, 0.25) is 0 Å². The molecule has 0 radical (unpaired) electrons. The van der Waals surface area contributed by atoms with Crippen molar-refractivity contribution in [3.05, 3.63) is 28.0 Å². The number of pyridine rings is 1. The molecule has 0 aliphatic heterocycles. The summed E-state index contributed by atoms with van der Waals surface area (Å²) >= 11 is 0. The maximum atomic E-state index is 10.6. The van der Waals surface area contributed by atoms with Crippen LogP contribution in [0.15, 0.2) is 16.9 Å². The van der Waals surface area contributed by atoms with Gasteiger partial charge in [-0.2, -0.15) is 0 Å². The molecule has 0 amide bonds. The van der Waals surface area contributed by atoms with E-state index in [1.807, 2.05) is 0 Å². The Labute approximate surface area is 63.9 Å². The Balaban J connectivity index is 2.99. The van der Waals surface area contributed by atoms with Crippen molar-refractivity contribution in [1.82, 2.24) is 10.3 Å². The summed E-state index contributed by atoms with van der Waals surface area (Å²) in [5.74, 6) is -0.0631. The fourth-order valence-corrected chi connectivity index (χ4v) is 0.827. The first-order valence-electron chi connectivity index (χ1n) is 3.30. The van der Waals surface area contributed by atoms with Crippen LogP contribution < -0.4 is 10.9 Å². The van der Waals surface area contributed by atoms with Crippen LogP contribution >= 0.6 is 0 Å². The Morgan fingerprint density at radius 1 is 1.64 bits per heavy atom. The van der Waals surface area contributed by atoms with Crippen molar-refractivity contribution >= 4 is 0 Å². The van der Waals surface area contributed by atoms with E-state index in [0.717, 1.165) is 0 Å². The van der Waals surface area contributed by atoms with Crippen molar-refractivity contribution in [2.24, 2.45) is 0 Å². The van der Waals surface area contributed by atoms with Crippen molar-refractivity contribution < 1.29 is 5.11 Å². The van der Waals surface area contributed by atoms with Crippen molar-refractivity contribution in [2.45, 2.75) is 6.54 Å². The van der Waals surface area contributed by atoms with Gasteiger partial charge in [-0.15, -0.1) is 0 Å². The fourth-order valence-electron chi connectivity index (χ4n) is 0.827. The second kappa shape index (κ2) is 3.21. The van der Waals surface area contributed by atoms with Crippen molar-refractivity contribution in [3.63, 3.8) is 0 Å². The van der Waals surface area contributed by atoms with E-state index >= 15 is 0 Å². The summed E-state index contributed by atoms with van der Waals surface area (Å²) in [6, 6.07) is 2.97. The number of nitrogens with one attached hydrogen (secondary N) is 2. The highest BCUT2D eigenvalue weighted by Gasteiger charge is 1.98. The van der Waals surface area contributed by atoms with E-state index in [-0.39, 0.29) is 11.4 Å². The van der Waals surface area contributed by atoms with Crippen LogP contribution in [0.4, 0.5) is 0 Å². The van der Waals surface area contributed by atoms with Gasteiger partial charge in [0, 0.05) is 18.2 Å². The molecule has 60 valence electrons. The predicted octanol–water partition coefficient (Wildman–Crippen LogP) is -0.200. The summed E-state index contributed by atoms with van der Waals surface area (Å²) in [4.78, 5) is 12.9. The first-order valence-corrected chi connectivity index (χ1v) is 3.30. The standard InChI is InChI=1S/C7H10N2O2/c1-8-4-5-2-3-6(10)9-7(5)11/h2-3,8H,4H2,1H3,(H2,9,10,11). The molecule has 0 fully saturated rings. The third-order valence-electron chi connectivity index (χ3n) is 1.35. The third kappa shape index (κ3) is 1.81. The number of rotatable bonds is 2. The van der Waals surface area contributed by atoms with Gasteiger partial charge >= 0.3 is 0 Å². The molecule has 1 rings (SSSR count). The predicted molar refractivity (Wildman–Crippen MR) is 41.5 cm³/mol. The van der Waals surface area contributed by atoms with Crippen LogP contribution in [0, 0.1) is 0 Å². The molecule has 11 heavy (non-hydrogen) atoms. The zero-order valence-corrected chi connectivity index (χ0v) is 6.22. The summed E-state index contributed by atoms with van der Waals surface area (Å²) in [6.45, 7) is 0.544. The third-order valence-corrected chi connectivity index (χ3v) is 1.35. The summed E-state index contributed by atoms with van der Waals surface area (Å²) in [6.07, 6.45) is 0. The first kappa shape index (κ1) is 7.81. The number of hydrogen-bond acceptors (Lipinski definition) is 3. The highest BCUT2D eigenvalue weighted by atomic mass is 16.3. The number of hydrogen-bond donors (Lipinski definition) is 3. The molecule has 0 aliphatic rings. The molecule has 3 N–H and O–H groups in total. The number of aromatic nitrogens is 1. The van der Waals surface area contributed by atoms with E-state index in [1.165, 1.54) is 6.07 Å². The van der Waals surface area contributed by atoms with E-state index < -0.39 is 0 Å². The van der Waals surface area contributed by atoms with Crippen LogP contribution in [0.25, 0.3) is 0 Å². The topological polar surface area (TPSA) is 65.1 Å². The second-order valence-electron chi connectivity index (χ2n) is 2.23. The summed E-state index contributed by atoms with van der Waals surface area (Å²) < 4.78 is 0. The number of aromatic amines is 1. The van der Waals surface area contributed by atoms with Gasteiger partial charge in [0.15, 0.2) is 5.88 Å². The van der Waals surface area contributed by atoms with Gasteiger partial charge in [-0.05, 0) is 13.1 Å². The average molecular weight is 154 g/mol. The minimum Gasteiger partial charge on any atom is -0.494 e. The van der Waals surface area contributed by atoms with Crippen molar-refractivity contribution in [3.8, 4) is 5.88 Å². The molecule has 0 saturated heterocycles. The summed E-state index contributed by atoms with van der Waals surface area (Å²) in [5.41, 5.74) is 0.398. The average Bonchev–Trinajstić information content (AvgIpc) is 1.95. The molecule has 0 spiro atoms. The quantitative estimate of drug-likeness (QED) is 0.552. The minimum atomic E-state index is -0.289. The largest absolute Gasteiger partial charge is 0.494 e. The minimum absolute atomic E-state index is 0.0631. The molecular weight excluding hydrogens is 144 g/mol. The van der Waals surface area contributed by atoms with Gasteiger partial charge in [0.05, 0.1) is 0 Å². The Hall–Kier alpha value is -1.29. The molecule has 0 saturated carbocycles. The molecule has 0 bridgehead atoms. The highest BCUT2D eigenvalue weighted by Crippen LogP contribution is 2.08. The molecule has 0 unspecified atom stereocenters. The lowest BCUT2D eigenvalue weighted by Crippen LogP contribution is -2.09. The maximum absolute atomic E-state index is 10.6. The monoisotopic (exact) mass is 154 g/mol. The Morgan fingerprint density at radius 2 is 2.36 bits per heavy atom. The Bertz CT molecular complexity index is 293. The van der Waals surface area contributed by atoms with Gasteiger partial charge < -0.3 is 10.4 Å². The van der Waals surface area contributed by atoms with Crippen LogP contribution in [0.1, 0.15) is 5.56 Å². The van der Waals surface area contributed by atoms with Gasteiger partial charge in [-0.3, -0.25) is 9.78 Å². The number of H-pyrrole nitrogens is 1. The van der Waals surface area contributed by atoms with Crippen LogP contribution in [-0.2, 0) is 6.54 Å². The number of aromatic hydroxyl groups is 1. The molecular formula is C7H10N2O2. The lowest BCUT2D eigenvalue weighted by Gasteiger charge is -2.00. The van der Waals surface area contributed by atoms with Gasteiger partial charge in [-0.25, -0.2) is 0 Å². The zero-order chi connectivity index (χ0) is 8.27. The molecule has 1 heterocycles. The van der Waals surface area contributed by atoms with Gasteiger partial charge in [0.25, 0.3) is 5.56 Å². The highest BCUT2D eigenvalue weighted by molar-refractivity contribution is 5.23. The zero-order valence-electron chi connectivity index (χ0n) is 6.22. The normalized spacial score (nSPS) is 9.91. The van der Waals surface area contributed by atoms with Crippen LogP contribution in [0.2, 0.25) is 0 Å². The molecule has 1 aromatic heterocycles. The maximum Gasteiger partial charge on any atom is 0.250 e. The van der Waals surface area contributed by atoms with Gasteiger partial charge in [-0.1, -0.05) is 0 Å². The lowest BCUT2D eigenvalue weighted by atomic mass is 10.3. The van der Waals surface area contributed by atoms with Crippen molar-refractivity contribution in [1.29, 1.82) is 0 Å². The van der Waals surface area contributed by atoms with E-state index in [2.05, 4.69) is 10.3 Å². The summed E-state index contributed by atoms with van der Waals surface area (Å²) in [7, 11) is 1.77. The van der Waals surface area contributed by atoms with Crippen LogP contribution in [-0.4, -0.2) is 17.1 Å². The smallest absolute Gasteiger partial charge is 0.250 e. The van der Waals surface area contributed by atoms with Gasteiger partial charge in [0.1, 0.15) is 0 Å². The molecule has 0 aliphatic carbocycles. The SMILES string of the molecule is CNCc1ccc(=O)[nH]c1O. The molecule has 0 atom stereocenters. The van der Waals surface area contributed by atoms with E-state index in [9.17, 15) is 4.79 Å². The van der Waals surface area contributed by atoms with E-state index in [4.69, 9.17) is 5.11 Å². The second-order valence-corrected chi connectivity index (χ2v) is 2.23. The molecule has 1 aromatic rings. The van der Waals surface area contributed by atoms with Crippen molar-refractivity contribution in [2.75, 3.05) is 7.05 Å². The molecule has 4 heteroatoms. The lowest BCUT2D eigenvalue weighted by molar-refractivity contribution is 0.442. The van der Waals surface area contributed by atoms with Crippen LogP contribution in [0.5, 0.6) is 5.88 Å².